The fourth-order valence-electron chi connectivity index (χ4n) is 0.942. The molecule has 1 atom stereocenters. The Morgan fingerprint density at radius 1 is 1.82 bits per heavy atom. The van der Waals surface area contributed by atoms with Crippen LogP contribution in [0, 0.1) is 0 Å². The van der Waals surface area contributed by atoms with Crippen LogP contribution in [0.25, 0.3) is 0 Å². The minimum Gasteiger partial charge on any atom is -0.492 e. The van der Waals surface area contributed by atoms with E-state index in [0.29, 0.717) is 0 Å². The molecule has 60 valence electrons. The van der Waals surface area contributed by atoms with Gasteiger partial charge in [-0.25, -0.2) is 0 Å². The molecule has 2 N–H and O–H groups in total. The molecule has 1 heterocycles. The minimum atomic E-state index is 0.117. The van der Waals surface area contributed by atoms with Crippen LogP contribution >= 0.6 is 0 Å². The molecule has 0 aliphatic carbocycles. The highest BCUT2D eigenvalue weighted by atomic mass is 16.5. The number of hydrogen-bond donors (Lipinski definition) is 1. The Labute approximate surface area is 66.3 Å². The zero-order chi connectivity index (χ0) is 8.10. The Morgan fingerprint density at radius 3 is 3.27 bits per heavy atom. The minimum absolute atomic E-state index is 0.117. The van der Waals surface area contributed by atoms with Crippen LogP contribution < -0.4 is 5.73 Å². The number of nitrogens with two attached hydrogens (primary N) is 1. The van der Waals surface area contributed by atoms with Crippen LogP contribution in [-0.2, 0) is 4.74 Å². The Bertz CT molecular complexity index is 206. The summed E-state index contributed by atoms with van der Waals surface area (Å²) >= 11 is 0. The molecular weight excluding hydrogens is 140 g/mol. The third-order valence-corrected chi connectivity index (χ3v) is 1.49. The second-order valence-electron chi connectivity index (χ2n) is 2.23. The number of hydrogen-bond acceptors (Lipinski definition) is 3. The molecule has 1 aliphatic heterocycles. The summed E-state index contributed by atoms with van der Waals surface area (Å²) in [5, 5.41) is 0. The van der Waals surface area contributed by atoms with Crippen LogP contribution in [0.15, 0.2) is 29.7 Å². The molecule has 1 unspecified atom stereocenters. The van der Waals surface area contributed by atoms with Gasteiger partial charge in [0, 0.05) is 12.4 Å². The van der Waals surface area contributed by atoms with Gasteiger partial charge in [0.05, 0.1) is 12.0 Å². The zero-order valence-corrected chi connectivity index (χ0v) is 6.53. The summed E-state index contributed by atoms with van der Waals surface area (Å²) < 4.78 is 5.23. The summed E-state index contributed by atoms with van der Waals surface area (Å²) in [6.45, 7) is 2.05. The molecule has 0 fully saturated rings. The molecule has 0 saturated heterocycles. The Morgan fingerprint density at radius 2 is 2.64 bits per heavy atom. The van der Waals surface area contributed by atoms with E-state index in [1.807, 2.05) is 6.08 Å². The predicted molar refractivity (Wildman–Crippen MR) is 45.1 cm³/mol. The molecule has 0 aromatic rings. The maximum atomic E-state index is 5.23. The molecule has 1 rings (SSSR count). The molecule has 0 aromatic carbocycles. The molecule has 3 heteroatoms. The molecule has 0 bridgehead atoms. The van der Waals surface area contributed by atoms with Crippen LogP contribution in [0.2, 0.25) is 0 Å². The molecule has 0 saturated carbocycles. The van der Waals surface area contributed by atoms with E-state index in [1.54, 1.807) is 12.5 Å². The normalized spacial score (nSPS) is 26.6. The van der Waals surface area contributed by atoms with E-state index in [2.05, 4.69) is 11.9 Å². The van der Waals surface area contributed by atoms with Crippen molar-refractivity contribution in [2.75, 3.05) is 0 Å². The third-order valence-electron chi connectivity index (χ3n) is 1.49. The Kier molecular flexibility index (Phi) is 2.72. The second kappa shape index (κ2) is 3.81. The highest BCUT2D eigenvalue weighted by Gasteiger charge is 2.15. The van der Waals surface area contributed by atoms with Crippen LogP contribution in [0.1, 0.15) is 13.3 Å². The summed E-state index contributed by atoms with van der Waals surface area (Å²) in [6, 6.07) is 0. The number of rotatable bonds is 2. The van der Waals surface area contributed by atoms with Gasteiger partial charge in [0.2, 0.25) is 0 Å². The number of aliphatic imine (C=N–C) groups is 1. The second-order valence-corrected chi connectivity index (χ2v) is 2.23. The van der Waals surface area contributed by atoms with E-state index in [0.717, 1.165) is 12.1 Å². The van der Waals surface area contributed by atoms with Gasteiger partial charge < -0.3 is 10.5 Å². The largest absolute Gasteiger partial charge is 0.492 e. The SMILES string of the molecule is CCC1OC=CC1=N/C=C\N. The van der Waals surface area contributed by atoms with E-state index in [9.17, 15) is 0 Å². The average molecular weight is 152 g/mol. The predicted octanol–water partition coefficient (Wildman–Crippen LogP) is 1.18. The summed E-state index contributed by atoms with van der Waals surface area (Å²) in [6.07, 6.45) is 7.55. The topological polar surface area (TPSA) is 47.6 Å². The van der Waals surface area contributed by atoms with Crippen LogP contribution in [0.4, 0.5) is 0 Å². The third kappa shape index (κ3) is 1.83. The quantitative estimate of drug-likeness (QED) is 0.645. The van der Waals surface area contributed by atoms with E-state index < -0.39 is 0 Å². The van der Waals surface area contributed by atoms with Crippen LogP contribution in [-0.4, -0.2) is 11.8 Å². The Balaban J connectivity index is 2.62. The fraction of sp³-hybridized carbons (Fsp3) is 0.375. The first-order valence-corrected chi connectivity index (χ1v) is 3.65. The van der Waals surface area contributed by atoms with Gasteiger partial charge in [0.1, 0.15) is 6.10 Å². The van der Waals surface area contributed by atoms with E-state index >= 15 is 0 Å². The van der Waals surface area contributed by atoms with Crippen molar-refractivity contribution in [3.05, 3.63) is 24.7 Å². The van der Waals surface area contributed by atoms with Crippen LogP contribution in [0.5, 0.6) is 0 Å². The monoisotopic (exact) mass is 152 g/mol. The van der Waals surface area contributed by atoms with Crippen molar-refractivity contribution in [1.82, 2.24) is 0 Å². The van der Waals surface area contributed by atoms with Crippen LogP contribution in [0.3, 0.4) is 0 Å². The van der Waals surface area contributed by atoms with Crippen molar-refractivity contribution in [2.24, 2.45) is 10.7 Å². The van der Waals surface area contributed by atoms with Crippen molar-refractivity contribution in [3.63, 3.8) is 0 Å². The molecule has 0 spiro atoms. The van der Waals surface area contributed by atoms with Gasteiger partial charge in [0.15, 0.2) is 0 Å². The van der Waals surface area contributed by atoms with Gasteiger partial charge in [-0.2, -0.15) is 0 Å². The summed E-state index contributed by atoms with van der Waals surface area (Å²) in [7, 11) is 0. The first kappa shape index (κ1) is 7.85. The van der Waals surface area contributed by atoms with Gasteiger partial charge in [0.25, 0.3) is 0 Å². The van der Waals surface area contributed by atoms with Crippen molar-refractivity contribution in [3.8, 4) is 0 Å². The highest BCUT2D eigenvalue weighted by Crippen LogP contribution is 2.10. The molecular formula is C8H12N2O. The van der Waals surface area contributed by atoms with Crippen molar-refractivity contribution < 1.29 is 4.74 Å². The maximum absolute atomic E-state index is 5.23. The maximum Gasteiger partial charge on any atom is 0.139 e. The lowest BCUT2D eigenvalue weighted by Gasteiger charge is -2.06. The molecule has 0 aromatic heterocycles. The standard InChI is InChI=1S/C8H12N2O/c1-2-8-7(3-6-11-8)10-5-4-9/h3-6,8H,2,9H2,1H3/b5-4-,10-7?. The fourth-order valence-corrected chi connectivity index (χ4v) is 0.942. The lowest BCUT2D eigenvalue weighted by atomic mass is 10.2. The van der Waals surface area contributed by atoms with E-state index in [1.165, 1.54) is 6.20 Å². The molecule has 1 aliphatic rings. The summed E-state index contributed by atoms with van der Waals surface area (Å²) in [5.74, 6) is 0. The molecule has 0 radical (unpaired) electrons. The zero-order valence-electron chi connectivity index (χ0n) is 6.53. The first-order chi connectivity index (χ1) is 5.38. The lowest BCUT2D eigenvalue weighted by molar-refractivity contribution is 0.212. The van der Waals surface area contributed by atoms with E-state index in [-0.39, 0.29) is 6.10 Å². The van der Waals surface area contributed by atoms with Gasteiger partial charge in [-0.3, -0.25) is 4.99 Å². The molecule has 0 amide bonds. The Hall–Kier alpha value is -1.25. The smallest absolute Gasteiger partial charge is 0.139 e. The van der Waals surface area contributed by atoms with Crippen molar-refractivity contribution in [1.29, 1.82) is 0 Å². The molecule has 11 heavy (non-hydrogen) atoms. The van der Waals surface area contributed by atoms with Gasteiger partial charge in [-0.15, -0.1) is 0 Å². The van der Waals surface area contributed by atoms with Crippen molar-refractivity contribution in [2.45, 2.75) is 19.4 Å². The van der Waals surface area contributed by atoms with Gasteiger partial charge >= 0.3 is 0 Å². The lowest BCUT2D eigenvalue weighted by Crippen LogP contribution is -2.14. The van der Waals surface area contributed by atoms with Crippen molar-refractivity contribution >= 4 is 5.71 Å². The van der Waals surface area contributed by atoms with E-state index in [4.69, 9.17) is 10.5 Å². The van der Waals surface area contributed by atoms with Gasteiger partial charge in [-0.1, -0.05) is 6.92 Å². The number of ether oxygens (including phenoxy) is 1. The average Bonchev–Trinajstić information content (AvgIpc) is 2.47. The summed E-state index contributed by atoms with van der Waals surface area (Å²) in [5.41, 5.74) is 6.08. The highest BCUT2D eigenvalue weighted by molar-refractivity contribution is 6.00. The van der Waals surface area contributed by atoms with Gasteiger partial charge in [-0.05, 0) is 12.5 Å². The first-order valence-electron chi connectivity index (χ1n) is 3.65. The number of nitrogens with zero attached hydrogens (tertiary/aromatic N) is 1. The summed E-state index contributed by atoms with van der Waals surface area (Å²) in [4.78, 5) is 4.09. The molecule has 3 nitrogen and oxygen atoms in total.